The predicted molar refractivity (Wildman–Crippen MR) is 153 cm³/mol. The number of anilines is 4. The Balaban J connectivity index is 0.876. The number of amides is 2. The second-order valence-electron chi connectivity index (χ2n) is 12.0. The third-order valence-corrected chi connectivity index (χ3v) is 8.97. The fourth-order valence-electron chi connectivity index (χ4n) is 6.49. The number of fused-ring (bicyclic) bond motifs is 1. The highest BCUT2D eigenvalue weighted by molar-refractivity contribution is 6.00. The van der Waals surface area contributed by atoms with Crippen LogP contribution in [-0.2, 0) is 24.1 Å². The Bertz CT molecular complexity index is 1810. The van der Waals surface area contributed by atoms with Crippen LogP contribution >= 0.6 is 0 Å². The van der Waals surface area contributed by atoms with Crippen LogP contribution in [0.4, 0.5) is 45.2 Å². The molecule has 13 nitrogen and oxygen atoms in total. The highest BCUT2D eigenvalue weighted by Crippen LogP contribution is 2.53. The molecule has 0 radical (unpaired) electrons. The van der Waals surface area contributed by atoms with E-state index >= 15 is 0 Å². The molecule has 1 saturated heterocycles. The van der Waals surface area contributed by atoms with E-state index in [2.05, 4.69) is 40.9 Å². The van der Waals surface area contributed by atoms with Gasteiger partial charge in [0.15, 0.2) is 17.5 Å². The summed E-state index contributed by atoms with van der Waals surface area (Å²) in [6.07, 6.45) is 0.144. The first kappa shape index (κ1) is 30.5. The van der Waals surface area contributed by atoms with Gasteiger partial charge >= 0.3 is 24.0 Å². The zero-order valence-electron chi connectivity index (χ0n) is 24.6. The van der Waals surface area contributed by atoms with Crippen LogP contribution in [0, 0.1) is 23.0 Å². The van der Waals surface area contributed by atoms with E-state index in [1.807, 2.05) is 0 Å². The summed E-state index contributed by atoms with van der Waals surface area (Å²) >= 11 is 0. The maximum atomic E-state index is 13.4. The number of piperidine rings is 1. The van der Waals surface area contributed by atoms with Crippen LogP contribution < -0.4 is 15.5 Å². The number of hydrogen-bond acceptors (Lipinski definition) is 10. The molecule has 1 saturated carbocycles. The van der Waals surface area contributed by atoms with Crippen LogP contribution in [0.25, 0.3) is 0 Å². The first-order valence-electron chi connectivity index (χ1n) is 14.8. The Kier molecular flexibility index (Phi) is 7.51. The number of carbonyl (C=O) groups is 2. The van der Waals surface area contributed by atoms with Crippen molar-refractivity contribution in [2.45, 2.75) is 44.9 Å². The van der Waals surface area contributed by atoms with Crippen LogP contribution in [0.15, 0.2) is 40.9 Å². The van der Waals surface area contributed by atoms with Gasteiger partial charge in [0.2, 0.25) is 11.7 Å². The van der Waals surface area contributed by atoms with Crippen molar-refractivity contribution in [1.82, 2.24) is 34.8 Å². The summed E-state index contributed by atoms with van der Waals surface area (Å²) in [7, 11) is 0. The Labute approximate surface area is 263 Å². The number of rotatable bonds is 6. The molecule has 1 spiro atoms. The predicted octanol–water partition coefficient (Wildman–Crippen LogP) is 4.39. The molecule has 2 N–H and O–H groups in total. The molecule has 4 aromatic rings. The van der Waals surface area contributed by atoms with E-state index in [4.69, 9.17) is 4.42 Å². The molecule has 0 atom stereocenters. The molecule has 0 bridgehead atoms. The number of carbonyl (C=O) groups excluding carboxylic acids is 2. The third-order valence-electron chi connectivity index (χ3n) is 8.97. The molecule has 1 aliphatic carbocycles. The van der Waals surface area contributed by atoms with Gasteiger partial charge < -0.3 is 29.4 Å². The van der Waals surface area contributed by atoms with Crippen molar-refractivity contribution >= 4 is 35.0 Å². The van der Waals surface area contributed by atoms with E-state index in [1.165, 1.54) is 12.3 Å². The number of halogens is 5. The van der Waals surface area contributed by atoms with Gasteiger partial charge in [-0.1, -0.05) is 5.10 Å². The van der Waals surface area contributed by atoms with Crippen LogP contribution in [0.1, 0.15) is 48.0 Å². The smallest absolute Gasteiger partial charge is 0.399 e. The molecule has 246 valence electrons. The average Bonchev–Trinajstić information content (AvgIpc) is 3.69. The van der Waals surface area contributed by atoms with Gasteiger partial charge in [0.1, 0.15) is 5.82 Å². The number of pyridine rings is 1. The molecular formula is C29H27F5N10O3. The standard InChI is InChI=1S/C29H27F5N10O3/c30-19-3-1-17(11-20(19)31)37-27-41-39-24(47-27)23(45)36-18-2-4-21(35-14-18)42-7-5-28(6-8-42)12-16(13-28)25(46)43-9-10-44-22(15-43)38-40-26(44)29(32,33)34/h1-4,11,14,16H,5-10,12-13,15H2,(H,36,45)(H,37,41). The van der Waals surface area contributed by atoms with Crippen molar-refractivity contribution in [2.24, 2.45) is 11.3 Å². The van der Waals surface area contributed by atoms with Gasteiger partial charge in [0, 0.05) is 43.9 Å². The quantitative estimate of drug-likeness (QED) is 0.286. The van der Waals surface area contributed by atoms with Gasteiger partial charge in [-0.15, -0.1) is 15.3 Å². The normalized spacial score (nSPS) is 17.7. The van der Waals surface area contributed by atoms with Gasteiger partial charge in [-0.3, -0.25) is 9.59 Å². The summed E-state index contributed by atoms with van der Waals surface area (Å²) in [6, 6.07) is 6.41. The topological polar surface area (TPSA) is 147 Å². The van der Waals surface area contributed by atoms with Crippen molar-refractivity contribution in [3.8, 4) is 0 Å². The average molecular weight is 659 g/mol. The zero-order chi connectivity index (χ0) is 32.9. The summed E-state index contributed by atoms with van der Waals surface area (Å²) < 4.78 is 72.3. The molecule has 7 rings (SSSR count). The number of hydrogen-bond donors (Lipinski definition) is 2. The maximum absolute atomic E-state index is 13.4. The van der Waals surface area contributed by atoms with Gasteiger partial charge in [-0.05, 0) is 55.4 Å². The Morgan fingerprint density at radius 1 is 0.915 bits per heavy atom. The summed E-state index contributed by atoms with van der Waals surface area (Å²) in [5, 5.41) is 19.5. The van der Waals surface area contributed by atoms with Crippen LogP contribution in [0.3, 0.4) is 0 Å². The van der Waals surface area contributed by atoms with E-state index in [1.54, 1.807) is 17.0 Å². The lowest BCUT2D eigenvalue weighted by Crippen LogP contribution is -2.52. The summed E-state index contributed by atoms with van der Waals surface area (Å²) in [5.41, 5.74) is 0.602. The van der Waals surface area contributed by atoms with E-state index in [9.17, 15) is 31.5 Å². The largest absolute Gasteiger partial charge is 0.451 e. The SMILES string of the molecule is O=C(Nc1ccc(N2CCC3(CC2)CC(C(=O)N2CCn4c(nnc4C(F)(F)F)C2)C3)nc1)c1nnc(Nc2ccc(F)c(F)c2)o1. The molecule has 2 fully saturated rings. The van der Waals surface area contributed by atoms with E-state index in [0.29, 0.717) is 5.69 Å². The molecule has 3 aliphatic rings. The number of nitrogens with one attached hydrogen (secondary N) is 2. The first-order valence-corrected chi connectivity index (χ1v) is 14.8. The second kappa shape index (κ2) is 11.6. The molecule has 5 heterocycles. The molecule has 18 heteroatoms. The van der Waals surface area contributed by atoms with Crippen molar-refractivity contribution in [1.29, 1.82) is 0 Å². The first-order chi connectivity index (χ1) is 22.5. The molecule has 2 amide bonds. The monoisotopic (exact) mass is 658 g/mol. The maximum Gasteiger partial charge on any atom is 0.451 e. The molecular weight excluding hydrogens is 631 g/mol. The number of nitrogens with zero attached hydrogens (tertiary/aromatic N) is 8. The molecule has 3 aromatic heterocycles. The van der Waals surface area contributed by atoms with Crippen molar-refractivity contribution < 1.29 is 36.0 Å². The van der Waals surface area contributed by atoms with Crippen molar-refractivity contribution in [3.05, 3.63) is 65.7 Å². The summed E-state index contributed by atoms with van der Waals surface area (Å²) in [5.74, 6) is -3.45. The second-order valence-corrected chi connectivity index (χ2v) is 12.0. The fourth-order valence-corrected chi connectivity index (χ4v) is 6.49. The van der Waals surface area contributed by atoms with Crippen molar-refractivity contribution in [2.75, 3.05) is 35.2 Å². The van der Waals surface area contributed by atoms with E-state index < -0.39 is 29.5 Å². The van der Waals surface area contributed by atoms with Crippen LogP contribution in [0.5, 0.6) is 0 Å². The van der Waals surface area contributed by atoms with E-state index in [0.717, 1.165) is 61.3 Å². The highest BCUT2D eigenvalue weighted by Gasteiger charge is 2.50. The molecule has 2 aliphatic heterocycles. The minimum Gasteiger partial charge on any atom is -0.399 e. The van der Waals surface area contributed by atoms with Gasteiger partial charge in [-0.25, -0.2) is 13.8 Å². The highest BCUT2D eigenvalue weighted by atomic mass is 19.4. The summed E-state index contributed by atoms with van der Waals surface area (Å²) in [4.78, 5) is 33.9. The van der Waals surface area contributed by atoms with Crippen molar-refractivity contribution in [3.63, 3.8) is 0 Å². The number of benzene rings is 1. The van der Waals surface area contributed by atoms with Gasteiger partial charge in [0.25, 0.3) is 0 Å². The van der Waals surface area contributed by atoms with E-state index in [-0.39, 0.29) is 60.3 Å². The minimum absolute atomic E-state index is 0.0165. The fraction of sp³-hybridized carbons (Fsp3) is 0.414. The van der Waals surface area contributed by atoms with Crippen LogP contribution in [-0.4, -0.2) is 66.3 Å². The zero-order valence-corrected chi connectivity index (χ0v) is 24.6. The molecule has 1 aromatic carbocycles. The lowest BCUT2D eigenvalue weighted by atomic mass is 9.57. The van der Waals surface area contributed by atoms with Crippen LogP contribution in [0.2, 0.25) is 0 Å². The lowest BCUT2D eigenvalue weighted by Gasteiger charge is -2.52. The number of alkyl halides is 3. The Morgan fingerprint density at radius 2 is 1.68 bits per heavy atom. The minimum atomic E-state index is -4.58. The molecule has 47 heavy (non-hydrogen) atoms. The van der Waals surface area contributed by atoms with Gasteiger partial charge in [-0.2, -0.15) is 13.2 Å². The summed E-state index contributed by atoms with van der Waals surface area (Å²) in [6.45, 7) is 1.71. The Hall–Kier alpha value is -5.16. The Morgan fingerprint density at radius 3 is 2.38 bits per heavy atom. The third kappa shape index (κ3) is 6.06. The lowest BCUT2D eigenvalue weighted by molar-refractivity contribution is -0.149. The molecule has 0 unspecified atom stereocenters. The number of aromatic nitrogens is 6. The van der Waals surface area contributed by atoms with Gasteiger partial charge in [0.05, 0.1) is 18.4 Å².